The first-order chi connectivity index (χ1) is 14.9. The molecule has 0 radical (unpaired) electrons. The fourth-order valence-corrected chi connectivity index (χ4v) is 2.89. The van der Waals surface area contributed by atoms with E-state index in [1.54, 1.807) is 13.0 Å². The summed E-state index contributed by atoms with van der Waals surface area (Å²) in [6.45, 7) is 2.81. The Hall–Kier alpha value is -3.87. The molecule has 2 amide bonds. The lowest BCUT2D eigenvalue weighted by molar-refractivity contribution is -0.151. The molecule has 1 aromatic heterocycles. The lowest BCUT2D eigenvalue weighted by atomic mass is 10.2. The highest BCUT2D eigenvalue weighted by molar-refractivity contribution is 5.94. The molecule has 0 saturated carbocycles. The van der Waals surface area contributed by atoms with Crippen molar-refractivity contribution >= 4 is 34.8 Å². The van der Waals surface area contributed by atoms with Crippen LogP contribution in [0.25, 0.3) is 17.0 Å². The van der Waals surface area contributed by atoms with Crippen LogP contribution in [0.2, 0.25) is 0 Å². The van der Waals surface area contributed by atoms with Crippen LogP contribution < -0.4 is 10.6 Å². The van der Waals surface area contributed by atoms with E-state index in [1.165, 1.54) is 13.0 Å². The summed E-state index contributed by atoms with van der Waals surface area (Å²) in [5.41, 5.74) is 1.60. The molecule has 0 aliphatic heterocycles. The normalized spacial score (nSPS) is 13.0. The number of carbonyl (C=O) groups excluding carboxylic acids is 3. The molecule has 31 heavy (non-hydrogen) atoms. The summed E-state index contributed by atoms with van der Waals surface area (Å²) in [5, 5.41) is 6.17. The number of hydrogen-bond acceptors (Lipinski definition) is 5. The number of carbonyl (C=O) groups is 3. The first kappa shape index (κ1) is 21.8. The molecule has 160 valence electrons. The average molecular weight is 420 g/mol. The lowest BCUT2D eigenvalue weighted by Crippen LogP contribution is -2.40. The number of fused-ring (bicyclic) bond motifs is 1. The van der Waals surface area contributed by atoms with E-state index in [0.717, 1.165) is 16.5 Å². The van der Waals surface area contributed by atoms with Crippen molar-refractivity contribution in [2.24, 2.45) is 0 Å². The second-order valence-corrected chi connectivity index (χ2v) is 7.06. The van der Waals surface area contributed by atoms with E-state index in [2.05, 4.69) is 10.6 Å². The molecule has 3 rings (SSSR count). The maximum Gasteiger partial charge on any atom is 0.328 e. The van der Waals surface area contributed by atoms with Crippen molar-refractivity contribution in [3.8, 4) is 0 Å². The number of esters is 1. The number of ether oxygens (including phenoxy) is 1. The van der Waals surface area contributed by atoms with Crippen LogP contribution in [-0.2, 0) is 19.1 Å². The molecule has 0 fully saturated rings. The summed E-state index contributed by atoms with van der Waals surface area (Å²) >= 11 is 0. The highest BCUT2D eigenvalue weighted by Gasteiger charge is 2.19. The first-order valence-electron chi connectivity index (χ1n) is 9.90. The van der Waals surface area contributed by atoms with Crippen LogP contribution in [-0.4, -0.2) is 30.4 Å². The minimum atomic E-state index is -0.895. The summed E-state index contributed by atoms with van der Waals surface area (Å²) in [6, 6.07) is 17.4. The van der Waals surface area contributed by atoms with Crippen LogP contribution in [0.4, 0.5) is 0 Å². The van der Waals surface area contributed by atoms with Crippen LogP contribution in [0, 0.1) is 0 Å². The second kappa shape index (κ2) is 10.2. The molecule has 0 spiro atoms. The van der Waals surface area contributed by atoms with Crippen LogP contribution >= 0.6 is 0 Å². The minimum absolute atomic E-state index is 0.390. The van der Waals surface area contributed by atoms with Gasteiger partial charge in [-0.25, -0.2) is 4.79 Å². The van der Waals surface area contributed by atoms with Crippen molar-refractivity contribution in [1.82, 2.24) is 10.6 Å². The van der Waals surface area contributed by atoms with Gasteiger partial charge in [0, 0.05) is 11.5 Å². The molecule has 2 N–H and O–H groups in total. The zero-order valence-corrected chi connectivity index (χ0v) is 17.3. The maximum atomic E-state index is 12.1. The zero-order chi connectivity index (χ0) is 22.2. The Bertz CT molecular complexity index is 1050. The van der Waals surface area contributed by atoms with Gasteiger partial charge in [0.2, 0.25) is 5.91 Å². The Morgan fingerprint density at radius 2 is 1.71 bits per heavy atom. The van der Waals surface area contributed by atoms with E-state index >= 15 is 0 Å². The quantitative estimate of drug-likeness (QED) is 0.430. The summed E-state index contributed by atoms with van der Waals surface area (Å²) in [7, 11) is 0. The third kappa shape index (κ3) is 6.30. The molecule has 2 aromatic carbocycles. The minimum Gasteiger partial charge on any atom is -0.459 e. The molecule has 0 saturated heterocycles. The van der Waals surface area contributed by atoms with Gasteiger partial charge in [-0.15, -0.1) is 0 Å². The van der Waals surface area contributed by atoms with Gasteiger partial charge in [-0.2, -0.15) is 0 Å². The number of furan rings is 1. The Labute approximate surface area is 180 Å². The molecule has 0 bridgehead atoms. The fraction of sp³-hybridized carbons (Fsp3) is 0.208. The molecule has 0 aliphatic carbocycles. The zero-order valence-electron chi connectivity index (χ0n) is 17.3. The van der Waals surface area contributed by atoms with E-state index in [-0.39, 0.29) is 6.04 Å². The number of hydrogen-bond donors (Lipinski definition) is 2. The van der Waals surface area contributed by atoms with E-state index in [9.17, 15) is 14.4 Å². The summed E-state index contributed by atoms with van der Waals surface area (Å²) in [5.74, 6) is -1.00. The Morgan fingerprint density at radius 1 is 1.00 bits per heavy atom. The van der Waals surface area contributed by atoms with Crippen LogP contribution in [0.15, 0.2) is 71.2 Å². The summed E-state index contributed by atoms with van der Waals surface area (Å²) in [6.07, 6.45) is 2.97. The molecular weight excluding hydrogens is 396 g/mol. The molecule has 7 heteroatoms. The summed E-state index contributed by atoms with van der Waals surface area (Å²) in [4.78, 5) is 36.1. The topological polar surface area (TPSA) is 97.6 Å². The van der Waals surface area contributed by atoms with Crippen LogP contribution in [0.3, 0.4) is 0 Å². The van der Waals surface area contributed by atoms with Crippen molar-refractivity contribution < 1.29 is 23.5 Å². The molecule has 0 unspecified atom stereocenters. The van der Waals surface area contributed by atoms with E-state index in [4.69, 9.17) is 9.15 Å². The van der Waals surface area contributed by atoms with Crippen molar-refractivity contribution in [1.29, 1.82) is 0 Å². The van der Waals surface area contributed by atoms with Gasteiger partial charge in [0.15, 0.2) is 6.61 Å². The largest absolute Gasteiger partial charge is 0.459 e. The van der Waals surface area contributed by atoms with E-state index < -0.39 is 30.4 Å². The van der Waals surface area contributed by atoms with Crippen molar-refractivity contribution in [2.75, 3.05) is 6.61 Å². The molecule has 0 aliphatic rings. The van der Waals surface area contributed by atoms with Crippen LogP contribution in [0.1, 0.15) is 31.2 Å². The van der Waals surface area contributed by atoms with Crippen molar-refractivity contribution in [2.45, 2.75) is 25.9 Å². The monoisotopic (exact) mass is 420 g/mol. The van der Waals surface area contributed by atoms with E-state index in [1.807, 2.05) is 60.7 Å². The SMILES string of the molecule is C[C@H](NC(=O)/C=C/c1ccccc1)C(=O)OCC(=O)N[C@@H](C)c1cc2ccccc2o1. The van der Waals surface area contributed by atoms with Gasteiger partial charge in [0.25, 0.3) is 5.91 Å². The molecule has 2 atom stereocenters. The Balaban J connectivity index is 1.43. The third-order valence-corrected chi connectivity index (χ3v) is 4.53. The highest BCUT2D eigenvalue weighted by Crippen LogP contribution is 2.23. The van der Waals surface area contributed by atoms with E-state index in [0.29, 0.717) is 5.76 Å². The number of para-hydroxylation sites is 1. The predicted octanol–water partition coefficient (Wildman–Crippen LogP) is 3.37. The lowest BCUT2D eigenvalue weighted by Gasteiger charge is -2.14. The molecule has 1 heterocycles. The van der Waals surface area contributed by atoms with Crippen LogP contribution in [0.5, 0.6) is 0 Å². The standard InChI is InChI=1S/C24H24N2O5/c1-16(21-14-19-10-6-7-11-20(19)31-21)25-23(28)15-30-24(29)17(2)26-22(27)13-12-18-8-4-3-5-9-18/h3-14,16-17H,15H2,1-2H3,(H,25,28)(H,26,27)/b13-12+/t16-,17-/m0/s1. The number of amides is 2. The predicted molar refractivity (Wildman–Crippen MR) is 117 cm³/mol. The number of rotatable bonds is 8. The van der Waals surface area contributed by atoms with Crippen molar-refractivity contribution in [3.63, 3.8) is 0 Å². The Morgan fingerprint density at radius 3 is 2.45 bits per heavy atom. The number of benzene rings is 2. The van der Waals surface area contributed by atoms with Gasteiger partial charge in [0.1, 0.15) is 17.4 Å². The first-order valence-corrected chi connectivity index (χ1v) is 9.90. The van der Waals surface area contributed by atoms with Gasteiger partial charge in [-0.1, -0.05) is 48.5 Å². The fourth-order valence-electron chi connectivity index (χ4n) is 2.89. The Kier molecular flexibility index (Phi) is 7.22. The van der Waals surface area contributed by atoms with Gasteiger partial charge in [-0.3, -0.25) is 9.59 Å². The summed E-state index contributed by atoms with van der Waals surface area (Å²) < 4.78 is 10.7. The van der Waals surface area contributed by atoms with Gasteiger partial charge < -0.3 is 19.8 Å². The van der Waals surface area contributed by atoms with Gasteiger partial charge in [-0.05, 0) is 37.6 Å². The third-order valence-electron chi connectivity index (χ3n) is 4.53. The van der Waals surface area contributed by atoms with Crippen molar-refractivity contribution in [3.05, 3.63) is 78.1 Å². The molecular formula is C24H24N2O5. The second-order valence-electron chi connectivity index (χ2n) is 7.06. The average Bonchev–Trinajstić information content (AvgIpc) is 3.21. The smallest absolute Gasteiger partial charge is 0.328 e. The number of nitrogens with one attached hydrogen (secondary N) is 2. The molecule has 7 nitrogen and oxygen atoms in total. The molecule has 3 aromatic rings. The van der Waals surface area contributed by atoms with Gasteiger partial charge in [0.05, 0.1) is 6.04 Å². The highest BCUT2D eigenvalue weighted by atomic mass is 16.5. The maximum absolute atomic E-state index is 12.1. The van der Waals surface area contributed by atoms with Gasteiger partial charge >= 0.3 is 5.97 Å².